The number of aromatic nitrogens is 2. The molecule has 0 amide bonds. The summed E-state index contributed by atoms with van der Waals surface area (Å²) in [5, 5.41) is 4.20. The summed E-state index contributed by atoms with van der Waals surface area (Å²) >= 11 is 0. The highest BCUT2D eigenvalue weighted by Gasteiger charge is 2.19. The first-order chi connectivity index (χ1) is 9.31. The van der Waals surface area contributed by atoms with E-state index in [9.17, 15) is 12.8 Å². The second-order valence-electron chi connectivity index (χ2n) is 4.58. The van der Waals surface area contributed by atoms with Gasteiger partial charge in [-0.05, 0) is 30.7 Å². The highest BCUT2D eigenvalue weighted by Crippen LogP contribution is 2.20. The van der Waals surface area contributed by atoms with Crippen molar-refractivity contribution < 1.29 is 12.8 Å². The molecule has 0 aliphatic rings. The number of hydrogen-bond acceptors (Lipinski definition) is 4. The first-order valence-corrected chi connectivity index (χ1v) is 7.77. The molecule has 1 aromatic heterocycles. The van der Waals surface area contributed by atoms with Gasteiger partial charge < -0.3 is 5.73 Å². The molecule has 0 saturated carbocycles. The summed E-state index contributed by atoms with van der Waals surface area (Å²) in [6, 6.07) is 5.05. The van der Waals surface area contributed by atoms with Crippen molar-refractivity contribution in [2.24, 2.45) is 7.05 Å². The van der Waals surface area contributed by atoms with Crippen LogP contribution in [-0.4, -0.2) is 18.2 Å². The maximum absolute atomic E-state index is 13.3. The topological polar surface area (TPSA) is 78.0 Å². The van der Waals surface area contributed by atoms with E-state index in [1.54, 1.807) is 13.1 Å². The van der Waals surface area contributed by atoms with Crippen LogP contribution in [0.5, 0.6) is 0 Å². The van der Waals surface area contributed by atoms with Gasteiger partial charge in [0.1, 0.15) is 5.82 Å². The summed E-state index contributed by atoms with van der Waals surface area (Å²) in [6.07, 6.45) is 0.723. The molecule has 0 spiro atoms. The van der Waals surface area contributed by atoms with Crippen LogP contribution in [0.3, 0.4) is 0 Å². The molecule has 0 bridgehead atoms. The van der Waals surface area contributed by atoms with Crippen LogP contribution in [0.15, 0.2) is 29.2 Å². The van der Waals surface area contributed by atoms with Crippen LogP contribution in [0.2, 0.25) is 0 Å². The molecule has 5 nitrogen and oxygen atoms in total. The molecule has 0 unspecified atom stereocenters. The fourth-order valence-electron chi connectivity index (χ4n) is 1.92. The molecule has 0 fully saturated rings. The third-order valence-electron chi connectivity index (χ3n) is 2.98. The SMILES string of the molecule is CCc1cc(CS(=O)(=O)c2cc(N)cc(F)c2)n(C)n1. The van der Waals surface area contributed by atoms with Gasteiger partial charge in [0.2, 0.25) is 0 Å². The van der Waals surface area contributed by atoms with Crippen molar-refractivity contribution in [3.63, 3.8) is 0 Å². The molecule has 7 heteroatoms. The number of hydrogen-bond donors (Lipinski definition) is 1. The first kappa shape index (κ1) is 14.5. The number of benzene rings is 1. The van der Waals surface area contributed by atoms with Crippen LogP contribution in [0, 0.1) is 5.82 Å². The predicted octanol–water partition coefficient (Wildman–Crippen LogP) is 1.68. The van der Waals surface area contributed by atoms with E-state index in [2.05, 4.69) is 5.10 Å². The second-order valence-corrected chi connectivity index (χ2v) is 6.57. The smallest absolute Gasteiger partial charge is 0.184 e. The van der Waals surface area contributed by atoms with E-state index in [-0.39, 0.29) is 16.3 Å². The lowest BCUT2D eigenvalue weighted by Crippen LogP contribution is -2.09. The second kappa shape index (κ2) is 5.24. The molecule has 1 heterocycles. The fraction of sp³-hybridized carbons (Fsp3) is 0.308. The molecule has 0 aliphatic heterocycles. The molecule has 0 radical (unpaired) electrons. The summed E-state index contributed by atoms with van der Waals surface area (Å²) in [4.78, 5) is -0.116. The standard InChI is InChI=1S/C13H16FN3O2S/c1-3-11-7-12(17(2)16-11)8-20(18,19)13-5-9(14)4-10(15)6-13/h4-7H,3,8,15H2,1-2H3. The van der Waals surface area contributed by atoms with E-state index in [0.717, 1.165) is 24.2 Å². The molecule has 108 valence electrons. The Labute approximate surface area is 117 Å². The number of anilines is 1. The number of rotatable bonds is 4. The molecule has 0 atom stereocenters. The first-order valence-electron chi connectivity index (χ1n) is 6.12. The van der Waals surface area contributed by atoms with Crippen molar-refractivity contribution >= 4 is 15.5 Å². The molecule has 2 aromatic rings. The highest BCUT2D eigenvalue weighted by atomic mass is 32.2. The molecule has 2 rings (SSSR count). The minimum absolute atomic E-state index is 0.0860. The van der Waals surface area contributed by atoms with Crippen LogP contribution < -0.4 is 5.73 Å². The molecular formula is C13H16FN3O2S. The average molecular weight is 297 g/mol. The van der Waals surface area contributed by atoms with Gasteiger partial charge in [0, 0.05) is 12.7 Å². The van der Waals surface area contributed by atoms with Gasteiger partial charge in [0.05, 0.1) is 22.0 Å². The van der Waals surface area contributed by atoms with Gasteiger partial charge in [-0.2, -0.15) is 5.10 Å². The zero-order chi connectivity index (χ0) is 14.9. The van der Waals surface area contributed by atoms with Crippen LogP contribution in [0.25, 0.3) is 0 Å². The summed E-state index contributed by atoms with van der Waals surface area (Å²) in [6.45, 7) is 1.94. The van der Waals surface area contributed by atoms with E-state index in [1.807, 2.05) is 6.92 Å². The summed E-state index contributed by atoms with van der Waals surface area (Å²) in [7, 11) is -1.97. The molecular weight excluding hydrogens is 281 g/mol. The average Bonchev–Trinajstić information content (AvgIpc) is 2.68. The van der Waals surface area contributed by atoms with Gasteiger partial charge in [-0.3, -0.25) is 4.68 Å². The van der Waals surface area contributed by atoms with Crippen molar-refractivity contribution in [3.05, 3.63) is 41.5 Å². The Morgan fingerprint density at radius 1 is 1.30 bits per heavy atom. The molecule has 2 N–H and O–H groups in total. The quantitative estimate of drug-likeness (QED) is 0.871. The van der Waals surface area contributed by atoms with E-state index in [4.69, 9.17) is 5.73 Å². The zero-order valence-electron chi connectivity index (χ0n) is 11.3. The predicted molar refractivity (Wildman–Crippen MR) is 74.3 cm³/mol. The molecule has 1 aromatic carbocycles. The number of nitrogen functional groups attached to an aromatic ring is 1. The Morgan fingerprint density at radius 3 is 2.55 bits per heavy atom. The Kier molecular flexibility index (Phi) is 3.80. The summed E-state index contributed by atoms with van der Waals surface area (Å²) < 4.78 is 39.4. The van der Waals surface area contributed by atoms with Crippen LogP contribution >= 0.6 is 0 Å². The van der Waals surface area contributed by atoms with Crippen LogP contribution in [0.4, 0.5) is 10.1 Å². The van der Waals surface area contributed by atoms with Gasteiger partial charge in [-0.1, -0.05) is 6.92 Å². The minimum atomic E-state index is -3.66. The lowest BCUT2D eigenvalue weighted by molar-refractivity contribution is 0.587. The Hall–Kier alpha value is -1.89. The van der Waals surface area contributed by atoms with E-state index >= 15 is 0 Å². The highest BCUT2D eigenvalue weighted by molar-refractivity contribution is 7.90. The largest absolute Gasteiger partial charge is 0.399 e. The van der Waals surface area contributed by atoms with Gasteiger partial charge in [-0.15, -0.1) is 0 Å². The number of aryl methyl sites for hydroxylation is 2. The third-order valence-corrected chi connectivity index (χ3v) is 4.61. The Morgan fingerprint density at radius 2 is 2.00 bits per heavy atom. The van der Waals surface area contributed by atoms with Crippen molar-refractivity contribution in [3.8, 4) is 0 Å². The fourth-order valence-corrected chi connectivity index (χ4v) is 3.36. The van der Waals surface area contributed by atoms with Crippen molar-refractivity contribution in [1.82, 2.24) is 9.78 Å². The van der Waals surface area contributed by atoms with Gasteiger partial charge in [0.25, 0.3) is 0 Å². The number of nitrogens with zero attached hydrogens (tertiary/aromatic N) is 2. The lowest BCUT2D eigenvalue weighted by atomic mass is 10.3. The van der Waals surface area contributed by atoms with Crippen molar-refractivity contribution in [2.45, 2.75) is 24.0 Å². The van der Waals surface area contributed by atoms with E-state index in [1.165, 1.54) is 10.7 Å². The molecule has 0 aliphatic carbocycles. The normalized spacial score (nSPS) is 11.8. The van der Waals surface area contributed by atoms with Gasteiger partial charge in [0.15, 0.2) is 9.84 Å². The zero-order valence-corrected chi connectivity index (χ0v) is 12.1. The number of nitrogens with two attached hydrogens (primary N) is 1. The Balaban J connectivity index is 2.37. The molecule has 0 saturated heterocycles. The lowest BCUT2D eigenvalue weighted by Gasteiger charge is -2.06. The van der Waals surface area contributed by atoms with Gasteiger partial charge >= 0.3 is 0 Å². The Bertz CT molecular complexity index is 718. The maximum atomic E-state index is 13.3. The minimum Gasteiger partial charge on any atom is -0.399 e. The summed E-state index contributed by atoms with van der Waals surface area (Å²) in [5.74, 6) is -0.901. The van der Waals surface area contributed by atoms with E-state index in [0.29, 0.717) is 5.69 Å². The number of sulfone groups is 1. The van der Waals surface area contributed by atoms with E-state index < -0.39 is 15.7 Å². The third kappa shape index (κ3) is 2.98. The van der Waals surface area contributed by atoms with Gasteiger partial charge in [-0.25, -0.2) is 12.8 Å². The maximum Gasteiger partial charge on any atom is 0.184 e. The van der Waals surface area contributed by atoms with Crippen LogP contribution in [-0.2, 0) is 29.1 Å². The van der Waals surface area contributed by atoms with Crippen LogP contribution in [0.1, 0.15) is 18.3 Å². The van der Waals surface area contributed by atoms with Crippen molar-refractivity contribution in [1.29, 1.82) is 0 Å². The number of halogens is 1. The van der Waals surface area contributed by atoms with Crippen molar-refractivity contribution in [2.75, 3.05) is 5.73 Å². The monoisotopic (exact) mass is 297 g/mol. The summed E-state index contributed by atoms with van der Waals surface area (Å²) in [5.41, 5.74) is 6.95. The molecule has 20 heavy (non-hydrogen) atoms.